The number of rotatable bonds is 3. The largest absolute Gasteiger partial charge is 0.481 e. The maximum Gasteiger partial charge on any atom is 0.314 e. The van der Waals surface area contributed by atoms with Crippen molar-refractivity contribution in [1.29, 1.82) is 0 Å². The number of carboxylic acids is 1. The van der Waals surface area contributed by atoms with E-state index in [9.17, 15) is 14.3 Å². The lowest BCUT2D eigenvalue weighted by Crippen LogP contribution is -2.35. The lowest BCUT2D eigenvalue weighted by Gasteiger charge is -2.31. The average Bonchev–Trinajstić information content (AvgIpc) is 3.11. The van der Waals surface area contributed by atoms with Crippen molar-refractivity contribution in [2.45, 2.75) is 43.9 Å². The molecule has 0 spiro atoms. The van der Waals surface area contributed by atoms with E-state index in [-0.39, 0.29) is 5.82 Å². The van der Waals surface area contributed by atoms with Crippen LogP contribution in [0.5, 0.6) is 0 Å². The second kappa shape index (κ2) is 5.08. The summed E-state index contributed by atoms with van der Waals surface area (Å²) in [5.74, 6) is -1.05. The van der Waals surface area contributed by atoms with Gasteiger partial charge in [-0.3, -0.25) is 4.79 Å². The highest BCUT2D eigenvalue weighted by molar-refractivity contribution is 5.84. The van der Waals surface area contributed by atoms with Gasteiger partial charge in [0.2, 0.25) is 0 Å². The summed E-state index contributed by atoms with van der Waals surface area (Å²) in [5, 5.41) is 9.74. The Labute approximate surface area is 118 Å². The van der Waals surface area contributed by atoms with E-state index in [1.165, 1.54) is 12.1 Å². The summed E-state index contributed by atoms with van der Waals surface area (Å²) in [6, 6.07) is 4.62. The summed E-state index contributed by atoms with van der Waals surface area (Å²) >= 11 is 0. The number of hydrogen-bond donors (Lipinski definition) is 1. The van der Waals surface area contributed by atoms with Crippen LogP contribution < -0.4 is 4.90 Å². The second-order valence-electron chi connectivity index (χ2n) is 5.95. The van der Waals surface area contributed by atoms with Gasteiger partial charge in [0, 0.05) is 18.8 Å². The number of aliphatic carboxylic acids is 1. The number of nitrogens with zero attached hydrogens (tertiary/aromatic N) is 1. The Morgan fingerprint density at radius 3 is 2.40 bits per heavy atom. The molecule has 1 aliphatic carbocycles. The van der Waals surface area contributed by atoms with Gasteiger partial charge in [-0.2, -0.15) is 0 Å². The van der Waals surface area contributed by atoms with E-state index in [2.05, 4.69) is 4.90 Å². The molecule has 0 radical (unpaired) electrons. The van der Waals surface area contributed by atoms with Crippen LogP contribution in [0.1, 0.15) is 44.1 Å². The molecule has 4 heteroatoms. The molecule has 1 saturated carbocycles. The minimum atomic E-state index is -0.814. The minimum Gasteiger partial charge on any atom is -0.481 e. The maximum absolute atomic E-state index is 13.6. The predicted molar refractivity (Wildman–Crippen MR) is 75.6 cm³/mol. The topological polar surface area (TPSA) is 40.5 Å². The average molecular weight is 277 g/mol. The molecule has 1 aromatic carbocycles. The van der Waals surface area contributed by atoms with E-state index < -0.39 is 11.4 Å². The van der Waals surface area contributed by atoms with Gasteiger partial charge in [-0.1, -0.05) is 18.9 Å². The van der Waals surface area contributed by atoms with E-state index in [1.807, 2.05) is 0 Å². The van der Waals surface area contributed by atoms with Gasteiger partial charge in [-0.15, -0.1) is 0 Å². The van der Waals surface area contributed by atoms with Gasteiger partial charge in [-0.05, 0) is 43.4 Å². The number of carbonyl (C=O) groups is 1. The van der Waals surface area contributed by atoms with E-state index in [0.717, 1.165) is 50.0 Å². The Balaban J connectivity index is 2.09. The molecule has 2 aliphatic rings. The molecule has 0 atom stereocenters. The van der Waals surface area contributed by atoms with Crippen LogP contribution in [0.4, 0.5) is 10.1 Å². The second-order valence-corrected chi connectivity index (χ2v) is 5.95. The highest BCUT2D eigenvalue weighted by Crippen LogP contribution is 2.45. The van der Waals surface area contributed by atoms with Gasteiger partial charge in [0.25, 0.3) is 0 Å². The first-order chi connectivity index (χ1) is 9.63. The Hall–Kier alpha value is -1.58. The van der Waals surface area contributed by atoms with Crippen molar-refractivity contribution in [3.8, 4) is 0 Å². The zero-order chi connectivity index (χ0) is 14.2. The SMILES string of the molecule is O=C(O)C1(c2ccc(F)cc2N2CCCC2)CCCC1. The normalized spacial score (nSPS) is 21.4. The van der Waals surface area contributed by atoms with Crippen molar-refractivity contribution in [1.82, 2.24) is 0 Å². The molecule has 2 fully saturated rings. The smallest absolute Gasteiger partial charge is 0.314 e. The van der Waals surface area contributed by atoms with Crippen molar-refractivity contribution in [3.63, 3.8) is 0 Å². The van der Waals surface area contributed by atoms with Crippen LogP contribution in [0, 0.1) is 5.82 Å². The minimum absolute atomic E-state index is 0.283. The lowest BCUT2D eigenvalue weighted by atomic mass is 9.78. The third-order valence-corrected chi connectivity index (χ3v) is 4.79. The van der Waals surface area contributed by atoms with Crippen LogP contribution in [-0.4, -0.2) is 24.2 Å². The molecule has 0 amide bonds. The summed E-state index contributed by atoms with van der Waals surface area (Å²) in [5.41, 5.74) is 0.795. The van der Waals surface area contributed by atoms with Crippen LogP contribution in [0.15, 0.2) is 18.2 Å². The molecule has 1 aromatic rings. The number of hydrogen-bond acceptors (Lipinski definition) is 2. The summed E-state index contributed by atoms with van der Waals surface area (Å²) in [6.07, 6.45) is 5.38. The number of benzene rings is 1. The molecule has 0 bridgehead atoms. The molecule has 1 heterocycles. The first kappa shape index (κ1) is 13.4. The third-order valence-electron chi connectivity index (χ3n) is 4.79. The molecule has 0 unspecified atom stereocenters. The van der Waals surface area contributed by atoms with E-state index in [1.54, 1.807) is 6.07 Å². The van der Waals surface area contributed by atoms with Crippen LogP contribution in [0.3, 0.4) is 0 Å². The fourth-order valence-electron chi connectivity index (χ4n) is 3.71. The number of anilines is 1. The molecular weight excluding hydrogens is 257 g/mol. The van der Waals surface area contributed by atoms with E-state index >= 15 is 0 Å². The van der Waals surface area contributed by atoms with Gasteiger partial charge in [0.1, 0.15) is 5.82 Å². The summed E-state index contributed by atoms with van der Waals surface area (Å²) in [7, 11) is 0. The highest BCUT2D eigenvalue weighted by atomic mass is 19.1. The quantitative estimate of drug-likeness (QED) is 0.921. The fraction of sp³-hybridized carbons (Fsp3) is 0.562. The van der Waals surface area contributed by atoms with Crippen LogP contribution in [0.25, 0.3) is 0 Å². The van der Waals surface area contributed by atoms with Crippen LogP contribution in [-0.2, 0) is 10.2 Å². The predicted octanol–water partition coefficient (Wildman–Crippen LogP) is 3.32. The Kier molecular flexibility index (Phi) is 3.40. The molecule has 1 aliphatic heterocycles. The fourth-order valence-corrected chi connectivity index (χ4v) is 3.71. The van der Waals surface area contributed by atoms with Crippen LogP contribution in [0.2, 0.25) is 0 Å². The first-order valence-corrected chi connectivity index (χ1v) is 7.42. The first-order valence-electron chi connectivity index (χ1n) is 7.42. The molecule has 20 heavy (non-hydrogen) atoms. The van der Waals surface area contributed by atoms with E-state index in [4.69, 9.17) is 0 Å². The Bertz CT molecular complexity index is 517. The Morgan fingerprint density at radius 1 is 1.15 bits per heavy atom. The lowest BCUT2D eigenvalue weighted by molar-refractivity contribution is -0.143. The van der Waals surface area contributed by atoms with Crippen molar-refractivity contribution in [3.05, 3.63) is 29.6 Å². The summed E-state index contributed by atoms with van der Waals surface area (Å²) in [4.78, 5) is 14.0. The maximum atomic E-state index is 13.6. The molecule has 1 N–H and O–H groups in total. The molecule has 3 rings (SSSR count). The van der Waals surface area contributed by atoms with Gasteiger partial charge in [0.05, 0.1) is 5.41 Å². The van der Waals surface area contributed by atoms with Crippen molar-refractivity contribution in [2.24, 2.45) is 0 Å². The molecule has 108 valence electrons. The molecule has 3 nitrogen and oxygen atoms in total. The van der Waals surface area contributed by atoms with Gasteiger partial charge >= 0.3 is 5.97 Å². The number of halogens is 1. The van der Waals surface area contributed by atoms with Crippen molar-refractivity contribution >= 4 is 11.7 Å². The molecule has 1 saturated heterocycles. The zero-order valence-corrected chi connectivity index (χ0v) is 11.6. The standard InChI is InChI=1S/C16H20FNO2/c17-12-5-6-13(14(11-12)18-9-3-4-10-18)16(15(19)20)7-1-2-8-16/h5-6,11H,1-4,7-10H2,(H,19,20). The summed E-state index contributed by atoms with van der Waals surface area (Å²) in [6.45, 7) is 1.79. The van der Waals surface area contributed by atoms with Crippen molar-refractivity contribution in [2.75, 3.05) is 18.0 Å². The molecule has 0 aromatic heterocycles. The summed E-state index contributed by atoms with van der Waals surface area (Å²) < 4.78 is 13.6. The van der Waals surface area contributed by atoms with E-state index in [0.29, 0.717) is 12.8 Å². The molecular formula is C16H20FNO2. The van der Waals surface area contributed by atoms with Gasteiger partial charge in [-0.25, -0.2) is 4.39 Å². The zero-order valence-electron chi connectivity index (χ0n) is 11.6. The van der Waals surface area contributed by atoms with Crippen molar-refractivity contribution < 1.29 is 14.3 Å². The van der Waals surface area contributed by atoms with Gasteiger partial charge in [0.15, 0.2) is 0 Å². The Morgan fingerprint density at radius 2 is 1.80 bits per heavy atom. The monoisotopic (exact) mass is 277 g/mol. The number of carboxylic acid groups (broad SMARTS) is 1. The van der Waals surface area contributed by atoms with Gasteiger partial charge < -0.3 is 10.0 Å². The van der Waals surface area contributed by atoms with Crippen LogP contribution >= 0.6 is 0 Å². The third kappa shape index (κ3) is 2.07. The highest BCUT2D eigenvalue weighted by Gasteiger charge is 2.45.